The molecule has 1 N–H and O–H groups in total. The number of carbonyl (C=O) groups is 2. The SMILES string of the molecule is O=C(Nc1nccs1)[C@@H]1CCCN(C(=O)c2cccc3ccccc23)C1. The van der Waals surface area contributed by atoms with Crippen LogP contribution in [0.15, 0.2) is 54.0 Å². The van der Waals surface area contributed by atoms with E-state index < -0.39 is 0 Å². The van der Waals surface area contributed by atoms with Crippen molar-refractivity contribution in [3.63, 3.8) is 0 Å². The topological polar surface area (TPSA) is 62.3 Å². The van der Waals surface area contributed by atoms with Crippen LogP contribution in [0.4, 0.5) is 5.13 Å². The van der Waals surface area contributed by atoms with Gasteiger partial charge in [0.1, 0.15) is 0 Å². The molecule has 1 aliphatic heterocycles. The molecule has 1 aromatic heterocycles. The number of piperidine rings is 1. The van der Waals surface area contributed by atoms with Gasteiger partial charge in [-0.15, -0.1) is 11.3 Å². The fourth-order valence-electron chi connectivity index (χ4n) is 3.45. The van der Waals surface area contributed by atoms with E-state index in [1.165, 1.54) is 11.3 Å². The number of nitrogens with zero attached hydrogens (tertiary/aromatic N) is 2. The van der Waals surface area contributed by atoms with E-state index >= 15 is 0 Å². The Morgan fingerprint density at radius 2 is 2.00 bits per heavy atom. The van der Waals surface area contributed by atoms with Crippen molar-refractivity contribution in [2.75, 3.05) is 18.4 Å². The van der Waals surface area contributed by atoms with Crippen molar-refractivity contribution in [2.45, 2.75) is 12.8 Å². The minimum Gasteiger partial charge on any atom is -0.338 e. The summed E-state index contributed by atoms with van der Waals surface area (Å²) >= 11 is 1.40. The molecule has 132 valence electrons. The molecule has 2 amide bonds. The quantitative estimate of drug-likeness (QED) is 0.768. The molecule has 5 nitrogen and oxygen atoms in total. The highest BCUT2D eigenvalue weighted by molar-refractivity contribution is 7.13. The van der Waals surface area contributed by atoms with Gasteiger partial charge in [0.15, 0.2) is 5.13 Å². The molecule has 1 saturated heterocycles. The lowest BCUT2D eigenvalue weighted by atomic mass is 9.95. The normalized spacial score (nSPS) is 17.2. The fourth-order valence-corrected chi connectivity index (χ4v) is 3.98. The van der Waals surface area contributed by atoms with Crippen LogP contribution in [0.2, 0.25) is 0 Å². The second kappa shape index (κ2) is 7.25. The van der Waals surface area contributed by atoms with E-state index in [1.807, 2.05) is 47.8 Å². The van der Waals surface area contributed by atoms with E-state index in [0.717, 1.165) is 23.6 Å². The summed E-state index contributed by atoms with van der Waals surface area (Å²) in [6.07, 6.45) is 3.28. The van der Waals surface area contributed by atoms with Crippen LogP contribution in [0.5, 0.6) is 0 Å². The third-order valence-electron chi connectivity index (χ3n) is 4.76. The summed E-state index contributed by atoms with van der Waals surface area (Å²) in [7, 11) is 0. The molecular weight excluding hydrogens is 346 g/mol. The van der Waals surface area contributed by atoms with Crippen LogP contribution in [-0.4, -0.2) is 34.8 Å². The molecule has 0 bridgehead atoms. The molecule has 1 fully saturated rings. The molecule has 0 spiro atoms. The van der Waals surface area contributed by atoms with Gasteiger partial charge in [-0.2, -0.15) is 0 Å². The Balaban J connectivity index is 1.52. The van der Waals surface area contributed by atoms with Gasteiger partial charge in [0.05, 0.1) is 5.92 Å². The molecule has 26 heavy (non-hydrogen) atoms. The van der Waals surface area contributed by atoms with Gasteiger partial charge >= 0.3 is 0 Å². The molecule has 0 unspecified atom stereocenters. The first-order valence-corrected chi connectivity index (χ1v) is 9.58. The highest BCUT2D eigenvalue weighted by Gasteiger charge is 2.29. The predicted molar refractivity (Wildman–Crippen MR) is 103 cm³/mol. The number of rotatable bonds is 3. The first kappa shape index (κ1) is 16.7. The Morgan fingerprint density at radius 3 is 2.85 bits per heavy atom. The molecule has 0 saturated carbocycles. The van der Waals surface area contributed by atoms with Gasteiger partial charge in [0.2, 0.25) is 5.91 Å². The molecule has 3 aromatic rings. The van der Waals surface area contributed by atoms with Gasteiger partial charge < -0.3 is 10.2 Å². The molecule has 4 rings (SSSR count). The summed E-state index contributed by atoms with van der Waals surface area (Å²) in [4.78, 5) is 31.5. The summed E-state index contributed by atoms with van der Waals surface area (Å²) in [6.45, 7) is 1.13. The van der Waals surface area contributed by atoms with Crippen molar-refractivity contribution in [1.82, 2.24) is 9.88 Å². The molecule has 6 heteroatoms. The van der Waals surface area contributed by atoms with E-state index in [0.29, 0.717) is 23.8 Å². The number of aromatic nitrogens is 1. The minimum absolute atomic E-state index is 0.00597. The Labute approximate surface area is 155 Å². The fraction of sp³-hybridized carbons (Fsp3) is 0.250. The van der Waals surface area contributed by atoms with E-state index in [9.17, 15) is 9.59 Å². The summed E-state index contributed by atoms with van der Waals surface area (Å²) in [5.41, 5.74) is 0.698. The van der Waals surface area contributed by atoms with Gasteiger partial charge in [-0.3, -0.25) is 9.59 Å². The highest BCUT2D eigenvalue weighted by atomic mass is 32.1. The first-order valence-electron chi connectivity index (χ1n) is 8.70. The van der Waals surface area contributed by atoms with Crippen LogP contribution in [-0.2, 0) is 4.79 Å². The maximum Gasteiger partial charge on any atom is 0.254 e. The van der Waals surface area contributed by atoms with Gasteiger partial charge in [-0.1, -0.05) is 36.4 Å². The van der Waals surface area contributed by atoms with Crippen molar-refractivity contribution in [2.24, 2.45) is 5.92 Å². The van der Waals surface area contributed by atoms with Gasteiger partial charge in [0, 0.05) is 30.2 Å². The van der Waals surface area contributed by atoms with Crippen molar-refractivity contribution in [1.29, 1.82) is 0 Å². The van der Waals surface area contributed by atoms with E-state index in [2.05, 4.69) is 10.3 Å². The first-order chi connectivity index (χ1) is 12.7. The number of fused-ring (bicyclic) bond motifs is 1. The molecule has 0 aliphatic carbocycles. The lowest BCUT2D eigenvalue weighted by molar-refractivity contribution is -0.121. The number of amides is 2. The average molecular weight is 365 g/mol. The number of benzene rings is 2. The zero-order chi connectivity index (χ0) is 17.9. The zero-order valence-corrected chi connectivity index (χ0v) is 15.0. The van der Waals surface area contributed by atoms with Gasteiger partial charge in [0.25, 0.3) is 5.91 Å². The van der Waals surface area contributed by atoms with Gasteiger partial charge in [-0.25, -0.2) is 4.98 Å². The maximum atomic E-state index is 13.1. The Bertz CT molecular complexity index is 934. The number of hydrogen-bond donors (Lipinski definition) is 1. The van der Waals surface area contributed by atoms with Crippen molar-refractivity contribution in [3.05, 3.63) is 59.6 Å². The number of thiazole rings is 1. The summed E-state index contributed by atoms with van der Waals surface area (Å²) in [5.74, 6) is -0.268. The Hall–Kier alpha value is -2.73. The smallest absolute Gasteiger partial charge is 0.254 e. The number of anilines is 1. The molecule has 1 aliphatic rings. The van der Waals surface area contributed by atoms with Crippen molar-refractivity contribution >= 4 is 39.1 Å². The number of likely N-dealkylation sites (tertiary alicyclic amines) is 1. The van der Waals surface area contributed by atoms with Crippen LogP contribution in [0.1, 0.15) is 23.2 Å². The number of hydrogen-bond acceptors (Lipinski definition) is 4. The van der Waals surface area contributed by atoms with Crippen LogP contribution in [0.25, 0.3) is 10.8 Å². The van der Waals surface area contributed by atoms with Crippen LogP contribution < -0.4 is 5.32 Å². The van der Waals surface area contributed by atoms with E-state index in [-0.39, 0.29) is 17.7 Å². The maximum absolute atomic E-state index is 13.1. The monoisotopic (exact) mass is 365 g/mol. The largest absolute Gasteiger partial charge is 0.338 e. The number of nitrogens with one attached hydrogen (secondary N) is 1. The molecule has 2 aromatic carbocycles. The molecular formula is C20H19N3O2S. The lowest BCUT2D eigenvalue weighted by Crippen LogP contribution is -2.43. The highest BCUT2D eigenvalue weighted by Crippen LogP contribution is 2.24. The van der Waals surface area contributed by atoms with Crippen molar-refractivity contribution in [3.8, 4) is 0 Å². The molecule has 2 heterocycles. The summed E-state index contributed by atoms with van der Waals surface area (Å²) in [6, 6.07) is 13.7. The second-order valence-corrected chi connectivity index (χ2v) is 7.34. The average Bonchev–Trinajstić information content (AvgIpc) is 3.20. The zero-order valence-electron chi connectivity index (χ0n) is 14.2. The van der Waals surface area contributed by atoms with Gasteiger partial charge in [-0.05, 0) is 29.7 Å². The Kier molecular flexibility index (Phi) is 4.67. The predicted octanol–water partition coefficient (Wildman–Crippen LogP) is 3.79. The minimum atomic E-state index is -0.202. The van der Waals surface area contributed by atoms with Crippen LogP contribution in [0.3, 0.4) is 0 Å². The van der Waals surface area contributed by atoms with E-state index in [1.54, 1.807) is 11.1 Å². The standard InChI is InChI=1S/C20H19N3O2S/c24-18(22-20-21-10-12-26-20)15-7-4-11-23(13-15)19(25)17-9-3-6-14-5-1-2-8-16(14)17/h1-3,5-6,8-10,12,15H,4,7,11,13H2,(H,21,22,24)/t15-/m1/s1. The summed E-state index contributed by atoms with van der Waals surface area (Å²) in [5, 5.41) is 7.28. The van der Waals surface area contributed by atoms with Crippen LogP contribution >= 0.6 is 11.3 Å². The molecule has 0 radical (unpaired) electrons. The lowest BCUT2D eigenvalue weighted by Gasteiger charge is -2.32. The van der Waals surface area contributed by atoms with Crippen molar-refractivity contribution < 1.29 is 9.59 Å². The summed E-state index contributed by atoms with van der Waals surface area (Å²) < 4.78 is 0. The third-order valence-corrected chi connectivity index (χ3v) is 5.45. The third kappa shape index (κ3) is 3.32. The van der Waals surface area contributed by atoms with E-state index in [4.69, 9.17) is 0 Å². The second-order valence-electron chi connectivity index (χ2n) is 6.44. The number of carbonyl (C=O) groups excluding carboxylic acids is 2. The Morgan fingerprint density at radius 1 is 1.15 bits per heavy atom. The van der Waals surface area contributed by atoms with Crippen LogP contribution in [0, 0.1) is 5.92 Å². The molecule has 1 atom stereocenters.